The van der Waals surface area contributed by atoms with Crippen molar-refractivity contribution in [1.82, 2.24) is 15.2 Å². The third-order valence-electron chi connectivity index (χ3n) is 5.25. The highest BCUT2D eigenvalue weighted by Crippen LogP contribution is 2.30. The lowest BCUT2D eigenvalue weighted by Gasteiger charge is -2.22. The van der Waals surface area contributed by atoms with Gasteiger partial charge in [-0.15, -0.1) is 0 Å². The summed E-state index contributed by atoms with van der Waals surface area (Å²) in [7, 11) is 0. The van der Waals surface area contributed by atoms with Crippen LogP contribution < -0.4 is 5.32 Å². The zero-order chi connectivity index (χ0) is 19.9. The molecule has 0 spiro atoms. The standard InChI is InChI=1S/C21H23N3O3/c1-12-10-13(2)18(15(4)25)14(3)16(12)11-24-19(26)21(5,23-20(24)27)17-8-6-7-9-22-17/h6-10H,11H2,1-5H3,(H,23,27). The zero-order valence-corrected chi connectivity index (χ0v) is 16.2. The van der Waals surface area contributed by atoms with E-state index in [4.69, 9.17) is 0 Å². The number of aryl methyl sites for hydroxylation is 2. The van der Waals surface area contributed by atoms with E-state index in [0.29, 0.717) is 11.3 Å². The number of pyridine rings is 1. The van der Waals surface area contributed by atoms with E-state index in [0.717, 1.165) is 22.3 Å². The van der Waals surface area contributed by atoms with E-state index in [2.05, 4.69) is 10.3 Å². The highest BCUT2D eigenvalue weighted by molar-refractivity contribution is 6.07. The molecule has 0 aliphatic carbocycles. The monoisotopic (exact) mass is 365 g/mol. The Morgan fingerprint density at radius 1 is 1.19 bits per heavy atom. The van der Waals surface area contributed by atoms with Crippen LogP contribution in [0.3, 0.4) is 0 Å². The van der Waals surface area contributed by atoms with Crippen LogP contribution >= 0.6 is 0 Å². The maximum atomic E-state index is 13.1. The first-order valence-electron chi connectivity index (χ1n) is 8.83. The molecule has 6 nitrogen and oxygen atoms in total. The van der Waals surface area contributed by atoms with Gasteiger partial charge in [-0.1, -0.05) is 12.1 Å². The number of hydrogen-bond donors (Lipinski definition) is 1. The van der Waals surface area contributed by atoms with Crippen LogP contribution in [0.15, 0.2) is 30.5 Å². The van der Waals surface area contributed by atoms with Gasteiger partial charge in [0.05, 0.1) is 12.2 Å². The highest BCUT2D eigenvalue weighted by Gasteiger charge is 2.50. The molecule has 0 saturated carbocycles. The number of hydrogen-bond acceptors (Lipinski definition) is 4. The fourth-order valence-corrected chi connectivity index (χ4v) is 3.84. The molecule has 1 unspecified atom stereocenters. The van der Waals surface area contributed by atoms with Gasteiger partial charge < -0.3 is 5.32 Å². The fraction of sp³-hybridized carbons (Fsp3) is 0.333. The number of urea groups is 1. The molecule has 2 aromatic rings. The van der Waals surface area contributed by atoms with E-state index >= 15 is 0 Å². The first kappa shape index (κ1) is 18.8. The lowest BCUT2D eigenvalue weighted by Crippen LogP contribution is -2.41. The lowest BCUT2D eigenvalue weighted by molar-refractivity contribution is -0.131. The lowest BCUT2D eigenvalue weighted by atomic mass is 9.91. The fourth-order valence-electron chi connectivity index (χ4n) is 3.84. The minimum atomic E-state index is -1.20. The molecule has 0 radical (unpaired) electrons. The summed E-state index contributed by atoms with van der Waals surface area (Å²) < 4.78 is 0. The van der Waals surface area contributed by atoms with Gasteiger partial charge in [-0.2, -0.15) is 0 Å². The molecule has 1 saturated heterocycles. The molecule has 1 aromatic carbocycles. The van der Waals surface area contributed by atoms with E-state index in [1.54, 1.807) is 31.3 Å². The number of amides is 3. The maximum absolute atomic E-state index is 13.1. The Morgan fingerprint density at radius 3 is 2.48 bits per heavy atom. The summed E-state index contributed by atoms with van der Waals surface area (Å²) in [5.74, 6) is -0.378. The molecule has 2 heterocycles. The number of carbonyl (C=O) groups excluding carboxylic acids is 3. The van der Waals surface area contributed by atoms with Crippen LogP contribution in [0.2, 0.25) is 0 Å². The predicted octanol–water partition coefficient (Wildman–Crippen LogP) is 3.18. The second-order valence-corrected chi connectivity index (χ2v) is 7.21. The number of benzene rings is 1. The van der Waals surface area contributed by atoms with Crippen molar-refractivity contribution >= 4 is 17.7 Å². The number of rotatable bonds is 4. The van der Waals surface area contributed by atoms with Crippen molar-refractivity contribution < 1.29 is 14.4 Å². The van der Waals surface area contributed by atoms with Crippen LogP contribution in [0.5, 0.6) is 0 Å². The van der Waals surface area contributed by atoms with Crippen LogP contribution in [-0.4, -0.2) is 27.6 Å². The van der Waals surface area contributed by atoms with Crippen LogP contribution in [0.4, 0.5) is 4.79 Å². The van der Waals surface area contributed by atoms with E-state index in [9.17, 15) is 14.4 Å². The summed E-state index contributed by atoms with van der Waals surface area (Å²) in [5, 5.41) is 2.76. The molecule has 140 valence electrons. The zero-order valence-electron chi connectivity index (χ0n) is 16.2. The topological polar surface area (TPSA) is 79.4 Å². The molecule has 27 heavy (non-hydrogen) atoms. The summed E-state index contributed by atoms with van der Waals surface area (Å²) in [6, 6.07) is 6.72. The minimum absolute atomic E-state index is 0.0261. The van der Waals surface area contributed by atoms with Crippen molar-refractivity contribution in [2.45, 2.75) is 46.7 Å². The smallest absolute Gasteiger partial charge is 0.318 e. The molecule has 1 aliphatic rings. The van der Waals surface area contributed by atoms with E-state index in [1.807, 2.05) is 26.8 Å². The highest BCUT2D eigenvalue weighted by atomic mass is 16.2. The minimum Gasteiger partial charge on any atom is -0.318 e. The molecule has 1 aliphatic heterocycles. The summed E-state index contributed by atoms with van der Waals surface area (Å²) in [4.78, 5) is 43.1. The number of nitrogens with zero attached hydrogens (tertiary/aromatic N) is 2. The van der Waals surface area contributed by atoms with Gasteiger partial charge in [0, 0.05) is 11.8 Å². The molecule has 1 atom stereocenters. The van der Waals surface area contributed by atoms with Crippen LogP contribution in [0.25, 0.3) is 0 Å². The number of imide groups is 1. The van der Waals surface area contributed by atoms with Gasteiger partial charge in [-0.3, -0.25) is 19.5 Å². The second-order valence-electron chi connectivity index (χ2n) is 7.21. The van der Waals surface area contributed by atoms with E-state index in [1.165, 1.54) is 11.8 Å². The molecule has 1 fully saturated rings. The molecule has 3 amide bonds. The van der Waals surface area contributed by atoms with Gasteiger partial charge in [0.25, 0.3) is 5.91 Å². The predicted molar refractivity (Wildman–Crippen MR) is 101 cm³/mol. The Morgan fingerprint density at radius 2 is 1.89 bits per heavy atom. The van der Waals surface area contributed by atoms with Crippen LogP contribution in [-0.2, 0) is 16.9 Å². The maximum Gasteiger partial charge on any atom is 0.325 e. The van der Waals surface area contributed by atoms with Crippen molar-refractivity contribution in [3.8, 4) is 0 Å². The van der Waals surface area contributed by atoms with Gasteiger partial charge in [0.15, 0.2) is 11.3 Å². The van der Waals surface area contributed by atoms with Crippen molar-refractivity contribution in [1.29, 1.82) is 0 Å². The summed E-state index contributed by atoms with van der Waals surface area (Å²) in [6.45, 7) is 8.99. The summed E-state index contributed by atoms with van der Waals surface area (Å²) in [6.07, 6.45) is 1.59. The van der Waals surface area contributed by atoms with Crippen molar-refractivity contribution in [2.24, 2.45) is 0 Å². The van der Waals surface area contributed by atoms with Gasteiger partial charge in [0.1, 0.15) is 0 Å². The summed E-state index contributed by atoms with van der Waals surface area (Å²) in [5.41, 5.74) is 3.42. The molecular formula is C21H23N3O3. The largest absolute Gasteiger partial charge is 0.325 e. The Kier molecular flexibility index (Phi) is 4.59. The average Bonchev–Trinajstić information content (AvgIpc) is 2.82. The molecule has 3 rings (SSSR count). The van der Waals surface area contributed by atoms with E-state index < -0.39 is 11.6 Å². The van der Waals surface area contributed by atoms with Gasteiger partial charge in [-0.05, 0) is 69.0 Å². The van der Waals surface area contributed by atoms with E-state index in [-0.39, 0.29) is 18.2 Å². The first-order chi connectivity index (χ1) is 12.7. The van der Waals surface area contributed by atoms with Gasteiger partial charge in [0.2, 0.25) is 0 Å². The number of aromatic nitrogens is 1. The third kappa shape index (κ3) is 3.01. The Balaban J connectivity index is 2.00. The Hall–Kier alpha value is -3.02. The molecule has 1 N–H and O–H groups in total. The SMILES string of the molecule is CC(=O)c1c(C)cc(C)c(CN2C(=O)NC(C)(c3ccccn3)C2=O)c1C. The van der Waals surface area contributed by atoms with Crippen molar-refractivity contribution in [3.05, 3.63) is 64.0 Å². The van der Waals surface area contributed by atoms with Gasteiger partial charge in [-0.25, -0.2) is 4.79 Å². The van der Waals surface area contributed by atoms with Gasteiger partial charge >= 0.3 is 6.03 Å². The summed E-state index contributed by atoms with van der Waals surface area (Å²) >= 11 is 0. The van der Waals surface area contributed by atoms with Crippen LogP contribution in [0, 0.1) is 20.8 Å². The first-order valence-corrected chi connectivity index (χ1v) is 8.83. The molecule has 0 bridgehead atoms. The Labute approximate surface area is 158 Å². The van der Waals surface area contributed by atoms with Crippen molar-refractivity contribution in [2.75, 3.05) is 0 Å². The number of carbonyl (C=O) groups is 3. The molecular weight excluding hydrogens is 342 g/mol. The molecule has 1 aromatic heterocycles. The number of Topliss-reactive ketones (excluding diaryl/α,β-unsaturated/α-hetero) is 1. The Bertz CT molecular complexity index is 953. The molecule has 6 heteroatoms. The quantitative estimate of drug-likeness (QED) is 0.667. The number of ketones is 1. The number of nitrogens with one attached hydrogen (secondary N) is 1. The van der Waals surface area contributed by atoms with Crippen molar-refractivity contribution in [3.63, 3.8) is 0 Å². The van der Waals surface area contributed by atoms with Crippen LogP contribution in [0.1, 0.15) is 52.2 Å². The normalized spacial score (nSPS) is 19.4. The third-order valence-corrected chi connectivity index (χ3v) is 5.25. The second kappa shape index (κ2) is 6.61. The average molecular weight is 365 g/mol.